The van der Waals surface area contributed by atoms with Crippen molar-refractivity contribution >= 4 is 81.7 Å². The van der Waals surface area contributed by atoms with Crippen molar-refractivity contribution in [3.63, 3.8) is 0 Å². The van der Waals surface area contributed by atoms with E-state index in [2.05, 4.69) is 67.9 Å². The Labute approximate surface area is 225 Å². The molecule has 2 aliphatic rings. The molecule has 1 saturated heterocycles. The van der Waals surface area contributed by atoms with E-state index in [1.54, 1.807) is 0 Å². The van der Waals surface area contributed by atoms with Crippen molar-refractivity contribution in [2.75, 3.05) is 0 Å². The summed E-state index contributed by atoms with van der Waals surface area (Å²) in [5.41, 5.74) is 3.35. The molecule has 1 amide bonds. The van der Waals surface area contributed by atoms with Gasteiger partial charge in [-0.1, -0.05) is 57.0 Å². The van der Waals surface area contributed by atoms with Crippen molar-refractivity contribution in [1.82, 2.24) is 14.9 Å². The number of benzene rings is 2. The van der Waals surface area contributed by atoms with Crippen LogP contribution in [0.15, 0.2) is 30.3 Å². The van der Waals surface area contributed by atoms with Gasteiger partial charge in [-0.3, -0.25) is 4.79 Å². The smallest absolute Gasteiger partial charge is 0.226 e. The number of amides is 1. The molecule has 1 N–H and O–H groups in total. The molecule has 1 saturated carbocycles. The molecule has 1 aliphatic carbocycles. The number of rotatable bonds is 3. The fourth-order valence-electron chi connectivity index (χ4n) is 5.47. The molecule has 2 fully saturated rings. The number of aromatic nitrogens is 2. The number of H-pyrrole nitrogens is 1. The van der Waals surface area contributed by atoms with Crippen LogP contribution in [0.1, 0.15) is 63.9 Å². The van der Waals surface area contributed by atoms with E-state index in [-0.39, 0.29) is 65.9 Å². The highest BCUT2D eigenvalue weighted by molar-refractivity contribution is 7.59. The summed E-state index contributed by atoms with van der Waals surface area (Å²) >= 11 is 0. The lowest BCUT2D eigenvalue weighted by Gasteiger charge is -2.32. The van der Waals surface area contributed by atoms with Crippen LogP contribution >= 0.6 is 54.0 Å². The Bertz CT molecular complexity index is 1100. The minimum atomic E-state index is 0. The third kappa shape index (κ3) is 5.19. The van der Waals surface area contributed by atoms with E-state index in [9.17, 15) is 4.79 Å². The van der Waals surface area contributed by atoms with E-state index in [4.69, 9.17) is 4.98 Å². The van der Waals surface area contributed by atoms with Crippen LogP contribution in [0.5, 0.6) is 0 Å². The van der Waals surface area contributed by atoms with Gasteiger partial charge in [0.15, 0.2) is 0 Å². The van der Waals surface area contributed by atoms with E-state index in [0.29, 0.717) is 23.8 Å². The molecule has 0 unspecified atom stereocenters. The highest BCUT2D eigenvalue weighted by Gasteiger charge is 2.48. The highest BCUT2D eigenvalue weighted by Crippen LogP contribution is 2.48. The fourth-order valence-corrected chi connectivity index (χ4v) is 5.47. The zero-order chi connectivity index (χ0) is 20.3. The highest BCUT2D eigenvalue weighted by atomic mass is 32.1. The Kier molecular flexibility index (Phi) is 10.6. The number of carbonyl (C=O) groups is 1. The summed E-state index contributed by atoms with van der Waals surface area (Å²) in [4.78, 5) is 24.3. The Balaban J connectivity index is 0.00000136. The van der Waals surface area contributed by atoms with Crippen LogP contribution in [-0.4, -0.2) is 26.8 Å². The normalized spacial score (nSPS) is 22.2. The van der Waals surface area contributed by atoms with Gasteiger partial charge in [0, 0.05) is 17.3 Å². The molecule has 8 heteroatoms. The van der Waals surface area contributed by atoms with Crippen LogP contribution < -0.4 is 0 Å². The Morgan fingerprint density at radius 3 is 2.48 bits per heavy atom. The van der Waals surface area contributed by atoms with Crippen molar-refractivity contribution in [3.8, 4) is 0 Å². The van der Waals surface area contributed by atoms with Gasteiger partial charge in [-0.15, -0.1) is 0 Å². The van der Waals surface area contributed by atoms with Crippen molar-refractivity contribution in [3.05, 3.63) is 41.7 Å². The molecule has 0 spiro atoms. The maximum absolute atomic E-state index is 13.5. The zero-order valence-corrected chi connectivity index (χ0v) is 23.9. The van der Waals surface area contributed by atoms with E-state index < -0.39 is 0 Å². The van der Waals surface area contributed by atoms with E-state index >= 15 is 0 Å². The molecular formula is C25H39N3OS4. The minimum absolute atomic E-state index is 0. The lowest BCUT2D eigenvalue weighted by molar-refractivity contribution is -0.139. The van der Waals surface area contributed by atoms with Crippen LogP contribution in [0.3, 0.4) is 0 Å². The molecule has 1 aromatic heterocycles. The average molecular weight is 526 g/mol. The summed E-state index contributed by atoms with van der Waals surface area (Å²) in [7, 11) is 0. The number of imidazole rings is 1. The van der Waals surface area contributed by atoms with Crippen LogP contribution in [0.2, 0.25) is 0 Å². The number of aryl methyl sites for hydroxylation is 1. The van der Waals surface area contributed by atoms with E-state index in [0.717, 1.165) is 29.7 Å². The summed E-state index contributed by atoms with van der Waals surface area (Å²) in [6.07, 6.45) is 4.66. The molecule has 33 heavy (non-hydrogen) atoms. The molecule has 2 heterocycles. The molecular weight excluding hydrogens is 487 g/mol. The Hall–Kier alpha value is -0.960. The lowest BCUT2D eigenvalue weighted by atomic mass is 9.95. The van der Waals surface area contributed by atoms with Gasteiger partial charge < -0.3 is 9.88 Å². The lowest BCUT2D eigenvalue weighted by Crippen LogP contribution is -2.42. The second-order valence-corrected chi connectivity index (χ2v) is 9.60. The van der Waals surface area contributed by atoms with Crippen LogP contribution in [0, 0.1) is 24.7 Å². The van der Waals surface area contributed by atoms with E-state index in [1.807, 2.05) is 0 Å². The van der Waals surface area contributed by atoms with Crippen molar-refractivity contribution < 1.29 is 4.79 Å². The Morgan fingerprint density at radius 2 is 1.79 bits per heavy atom. The molecule has 5 rings (SSSR count). The predicted molar refractivity (Wildman–Crippen MR) is 159 cm³/mol. The summed E-state index contributed by atoms with van der Waals surface area (Å²) in [5, 5.41) is 2.41. The number of nitrogens with one attached hydrogen (secondary N) is 1. The van der Waals surface area contributed by atoms with Gasteiger partial charge in [-0.2, -0.15) is 54.0 Å². The van der Waals surface area contributed by atoms with Gasteiger partial charge in [0.05, 0.1) is 17.1 Å². The quantitative estimate of drug-likeness (QED) is 0.442. The number of aromatic amines is 1. The van der Waals surface area contributed by atoms with Gasteiger partial charge in [0.25, 0.3) is 0 Å². The maximum atomic E-state index is 13.5. The third-order valence-corrected chi connectivity index (χ3v) is 7.44. The van der Waals surface area contributed by atoms with E-state index in [1.165, 1.54) is 29.2 Å². The molecule has 2 aromatic carbocycles. The average Bonchev–Trinajstić information content (AvgIpc) is 3.39. The molecule has 0 radical (unpaired) electrons. The molecule has 184 valence electrons. The first-order valence-corrected chi connectivity index (χ1v) is 11.1. The second kappa shape index (κ2) is 11.6. The summed E-state index contributed by atoms with van der Waals surface area (Å²) in [6.45, 7) is 8.50. The van der Waals surface area contributed by atoms with Gasteiger partial charge in [0.2, 0.25) is 5.91 Å². The SMILES string of the molecule is Cc1ccc2c(ccc3[nH]c([C@@H]4C[C@@H]5CCC[C@@H]5N4C(=O)[C@@H](C)C(C)C)nc32)c1.S.S.S.S. The number of carbonyl (C=O) groups excluding carboxylic acids is 1. The third-order valence-electron chi connectivity index (χ3n) is 7.44. The first kappa shape index (κ1) is 30.1. The fraction of sp³-hybridized carbons (Fsp3) is 0.520. The monoisotopic (exact) mass is 525 g/mol. The number of nitrogens with zero attached hydrogens (tertiary/aromatic N) is 2. The predicted octanol–water partition coefficient (Wildman–Crippen LogP) is 6.21. The molecule has 0 bridgehead atoms. The van der Waals surface area contributed by atoms with Gasteiger partial charge >= 0.3 is 0 Å². The number of hydrogen-bond acceptors (Lipinski definition) is 2. The first-order chi connectivity index (χ1) is 13.9. The summed E-state index contributed by atoms with van der Waals surface area (Å²) in [6, 6.07) is 11.3. The molecule has 4 nitrogen and oxygen atoms in total. The van der Waals surface area contributed by atoms with Crippen molar-refractivity contribution in [2.24, 2.45) is 17.8 Å². The van der Waals surface area contributed by atoms with Crippen LogP contribution in [-0.2, 0) is 4.79 Å². The first-order valence-electron chi connectivity index (χ1n) is 11.1. The van der Waals surface area contributed by atoms with Crippen LogP contribution in [0.4, 0.5) is 0 Å². The topological polar surface area (TPSA) is 49.0 Å². The van der Waals surface area contributed by atoms with Gasteiger partial charge in [-0.05, 0) is 49.5 Å². The number of likely N-dealkylation sites (tertiary alicyclic amines) is 1. The summed E-state index contributed by atoms with van der Waals surface area (Å²) in [5.74, 6) is 2.29. The van der Waals surface area contributed by atoms with Gasteiger partial charge in [0.1, 0.15) is 5.82 Å². The second-order valence-electron chi connectivity index (χ2n) is 9.60. The largest absolute Gasteiger partial charge is 0.340 e. The number of hydrogen-bond donors (Lipinski definition) is 1. The number of fused-ring (bicyclic) bond motifs is 4. The zero-order valence-electron chi connectivity index (χ0n) is 19.9. The summed E-state index contributed by atoms with van der Waals surface area (Å²) < 4.78 is 0. The minimum Gasteiger partial charge on any atom is -0.340 e. The molecule has 1 aliphatic heterocycles. The molecule has 4 atom stereocenters. The maximum Gasteiger partial charge on any atom is 0.226 e. The van der Waals surface area contributed by atoms with Crippen molar-refractivity contribution in [1.29, 1.82) is 0 Å². The standard InChI is InChI=1S/C25H31N3O.4H2S/c1-14(2)16(4)25(29)28-21-7-5-6-18(21)13-22(28)24-26-20-11-9-17-12-15(3)8-10-19(17)23(20)27-24;;;;/h8-12,14,16,18,21-22H,5-7,13H2,1-4H3,(H,26,27);4*1H2/t16-,18-,21-,22-;;;;/m0..../s1. The van der Waals surface area contributed by atoms with Crippen molar-refractivity contribution in [2.45, 2.75) is 65.5 Å². The van der Waals surface area contributed by atoms with Crippen LogP contribution in [0.25, 0.3) is 21.8 Å². The Morgan fingerprint density at radius 1 is 1.06 bits per heavy atom. The van der Waals surface area contributed by atoms with Gasteiger partial charge in [-0.25, -0.2) is 4.98 Å². The molecule has 3 aromatic rings.